The van der Waals surface area contributed by atoms with Crippen LogP contribution in [-0.4, -0.2) is 44.7 Å². The van der Waals surface area contributed by atoms with Crippen LogP contribution in [0.15, 0.2) is 0 Å². The minimum absolute atomic E-state index is 0. The molecule has 6 nitrogen and oxygen atoms in total. The van der Waals surface area contributed by atoms with Gasteiger partial charge in [0.2, 0.25) is 0 Å². The molecule has 0 atom stereocenters. The van der Waals surface area contributed by atoms with Crippen LogP contribution in [0.1, 0.15) is 62.3 Å². The zero-order chi connectivity index (χ0) is 13.8. The van der Waals surface area contributed by atoms with Crippen LogP contribution in [0.4, 0.5) is 0 Å². The third-order valence-corrected chi connectivity index (χ3v) is 2.05. The van der Waals surface area contributed by atoms with Gasteiger partial charge < -0.3 is 19.0 Å². The van der Waals surface area contributed by atoms with E-state index in [4.69, 9.17) is 4.74 Å². The van der Waals surface area contributed by atoms with Gasteiger partial charge in [0.1, 0.15) is 12.4 Å². The Hall–Kier alpha value is -1.43. The van der Waals surface area contributed by atoms with Crippen molar-refractivity contribution in [3.63, 3.8) is 0 Å². The molecule has 0 fully saturated rings. The number of esters is 2. The van der Waals surface area contributed by atoms with Crippen LogP contribution in [0, 0.1) is 0 Å². The molecule has 0 saturated heterocycles. The number of ether oxygens (including phenoxy) is 3. The minimum atomic E-state index is -0.601. The van der Waals surface area contributed by atoms with Gasteiger partial charge >= 0.3 is 11.9 Å². The number of rotatable bonds is 10. The van der Waals surface area contributed by atoms with Crippen molar-refractivity contribution in [2.45, 2.75) is 62.3 Å². The van der Waals surface area contributed by atoms with Crippen molar-refractivity contribution in [1.29, 1.82) is 0 Å². The molecular formula is C16H36O6. The standard InChI is InChI=1S/C12H20O6.4CH4/c1-10(13)6-4-3-5-7-17-12(15)9-18-11(14)8-16-2;;;;/h3-9H2,1-2H3;4*1H4. The van der Waals surface area contributed by atoms with Gasteiger partial charge in [0.15, 0.2) is 6.61 Å². The van der Waals surface area contributed by atoms with Crippen LogP contribution in [0.2, 0.25) is 0 Å². The third-order valence-electron chi connectivity index (χ3n) is 2.05. The van der Waals surface area contributed by atoms with Crippen molar-refractivity contribution in [1.82, 2.24) is 0 Å². The lowest BCUT2D eigenvalue weighted by atomic mass is 10.1. The first-order valence-electron chi connectivity index (χ1n) is 5.86. The molecule has 0 saturated carbocycles. The lowest BCUT2D eigenvalue weighted by Crippen LogP contribution is -2.19. The summed E-state index contributed by atoms with van der Waals surface area (Å²) in [5.41, 5.74) is 0. The van der Waals surface area contributed by atoms with Crippen LogP contribution >= 0.6 is 0 Å². The Bertz CT molecular complexity index is 276. The van der Waals surface area contributed by atoms with Gasteiger partial charge in [0.25, 0.3) is 0 Å². The van der Waals surface area contributed by atoms with E-state index in [1.807, 2.05) is 0 Å². The summed E-state index contributed by atoms with van der Waals surface area (Å²) in [6.07, 6.45) is 2.89. The van der Waals surface area contributed by atoms with E-state index < -0.39 is 18.5 Å². The molecule has 0 aromatic rings. The quantitative estimate of drug-likeness (QED) is 0.452. The fourth-order valence-corrected chi connectivity index (χ4v) is 1.18. The van der Waals surface area contributed by atoms with Crippen molar-refractivity contribution >= 4 is 17.7 Å². The number of ketones is 1. The van der Waals surface area contributed by atoms with Crippen molar-refractivity contribution in [3.05, 3.63) is 0 Å². The number of unbranched alkanes of at least 4 members (excludes halogenated alkanes) is 2. The fourth-order valence-electron chi connectivity index (χ4n) is 1.18. The number of Topliss-reactive ketones (excluding diaryl/α,β-unsaturated/α-hetero) is 1. The van der Waals surface area contributed by atoms with Crippen molar-refractivity contribution in [3.8, 4) is 0 Å². The monoisotopic (exact) mass is 324 g/mol. The Kier molecular flexibility index (Phi) is 32.3. The SMILES string of the molecule is C.C.C.C.COCC(=O)OCC(=O)OCCCCCC(C)=O. The normalized spacial score (nSPS) is 8.09. The maximum absolute atomic E-state index is 11.1. The lowest BCUT2D eigenvalue weighted by Gasteiger charge is -2.05. The Balaban J connectivity index is -0.000000241. The molecule has 0 bridgehead atoms. The van der Waals surface area contributed by atoms with Gasteiger partial charge in [-0.05, 0) is 26.2 Å². The molecule has 0 amide bonds. The highest BCUT2D eigenvalue weighted by atomic mass is 16.6. The van der Waals surface area contributed by atoms with Crippen LogP contribution in [-0.2, 0) is 28.6 Å². The Morgan fingerprint density at radius 3 is 1.82 bits per heavy atom. The summed E-state index contributed by atoms with van der Waals surface area (Å²) in [6.45, 7) is 1.25. The molecule has 0 aliphatic rings. The minimum Gasteiger partial charge on any atom is -0.463 e. The number of hydrogen-bond donors (Lipinski definition) is 0. The van der Waals surface area contributed by atoms with Crippen molar-refractivity contribution in [2.75, 3.05) is 26.9 Å². The van der Waals surface area contributed by atoms with E-state index in [0.29, 0.717) is 12.8 Å². The summed E-state index contributed by atoms with van der Waals surface area (Å²) >= 11 is 0. The molecule has 0 heterocycles. The van der Waals surface area contributed by atoms with Crippen molar-refractivity contribution < 1.29 is 28.6 Å². The highest BCUT2D eigenvalue weighted by Crippen LogP contribution is 2.00. The molecule has 0 rings (SSSR count). The molecule has 0 radical (unpaired) electrons. The maximum Gasteiger partial charge on any atom is 0.344 e. The molecule has 0 N–H and O–H groups in total. The van der Waals surface area contributed by atoms with E-state index in [9.17, 15) is 14.4 Å². The van der Waals surface area contributed by atoms with Crippen molar-refractivity contribution in [2.24, 2.45) is 0 Å². The van der Waals surface area contributed by atoms with E-state index in [2.05, 4.69) is 9.47 Å². The Labute approximate surface area is 136 Å². The summed E-state index contributed by atoms with van der Waals surface area (Å²) in [5.74, 6) is -1.01. The van der Waals surface area contributed by atoms with Gasteiger partial charge in [-0.25, -0.2) is 9.59 Å². The smallest absolute Gasteiger partial charge is 0.344 e. The van der Waals surface area contributed by atoms with E-state index in [-0.39, 0.29) is 48.7 Å². The molecular weight excluding hydrogens is 288 g/mol. The number of methoxy groups -OCH3 is 1. The number of carbonyl (C=O) groups excluding carboxylic acids is 3. The van der Waals surface area contributed by atoms with Crippen LogP contribution in [0.5, 0.6) is 0 Å². The molecule has 0 unspecified atom stereocenters. The van der Waals surface area contributed by atoms with Gasteiger partial charge in [-0.3, -0.25) is 0 Å². The van der Waals surface area contributed by atoms with Crippen LogP contribution in [0.3, 0.4) is 0 Å². The Morgan fingerprint density at radius 2 is 1.32 bits per heavy atom. The predicted octanol–water partition coefficient (Wildman–Crippen LogP) is 3.41. The second kappa shape index (κ2) is 21.9. The average molecular weight is 324 g/mol. The van der Waals surface area contributed by atoms with Gasteiger partial charge in [-0.2, -0.15) is 0 Å². The van der Waals surface area contributed by atoms with E-state index in [1.54, 1.807) is 6.92 Å². The fraction of sp³-hybridized carbons (Fsp3) is 0.812. The molecule has 22 heavy (non-hydrogen) atoms. The van der Waals surface area contributed by atoms with E-state index in [0.717, 1.165) is 12.8 Å². The van der Waals surface area contributed by atoms with Gasteiger partial charge in [0, 0.05) is 13.5 Å². The lowest BCUT2D eigenvalue weighted by molar-refractivity contribution is -0.160. The summed E-state index contributed by atoms with van der Waals surface area (Å²) < 4.78 is 13.9. The molecule has 0 aromatic heterocycles. The topological polar surface area (TPSA) is 78.9 Å². The van der Waals surface area contributed by atoms with Crippen LogP contribution in [0.25, 0.3) is 0 Å². The summed E-state index contributed by atoms with van der Waals surface area (Å²) in [7, 11) is 1.36. The highest BCUT2D eigenvalue weighted by Gasteiger charge is 2.07. The summed E-state index contributed by atoms with van der Waals surface area (Å²) in [6, 6.07) is 0. The van der Waals surface area contributed by atoms with E-state index >= 15 is 0 Å². The highest BCUT2D eigenvalue weighted by molar-refractivity contribution is 5.77. The first kappa shape index (κ1) is 32.5. The number of carbonyl (C=O) groups is 3. The maximum atomic E-state index is 11.1. The van der Waals surface area contributed by atoms with Gasteiger partial charge in [0.05, 0.1) is 6.61 Å². The largest absolute Gasteiger partial charge is 0.463 e. The van der Waals surface area contributed by atoms with Gasteiger partial charge in [-0.15, -0.1) is 0 Å². The molecule has 0 aliphatic carbocycles. The molecule has 0 aromatic carbocycles. The zero-order valence-corrected chi connectivity index (χ0v) is 10.9. The number of hydrogen-bond acceptors (Lipinski definition) is 6. The molecule has 0 spiro atoms. The first-order chi connectivity index (χ1) is 8.56. The Morgan fingerprint density at radius 1 is 0.773 bits per heavy atom. The summed E-state index contributed by atoms with van der Waals surface area (Å²) in [5, 5.41) is 0. The third kappa shape index (κ3) is 23.6. The van der Waals surface area contributed by atoms with Gasteiger partial charge in [-0.1, -0.05) is 29.7 Å². The first-order valence-corrected chi connectivity index (χ1v) is 5.86. The second-order valence-corrected chi connectivity index (χ2v) is 3.83. The van der Waals surface area contributed by atoms with E-state index in [1.165, 1.54) is 7.11 Å². The second-order valence-electron chi connectivity index (χ2n) is 3.83. The molecule has 136 valence electrons. The molecule has 6 heteroatoms. The predicted molar refractivity (Wildman–Crippen MR) is 89.9 cm³/mol. The average Bonchev–Trinajstić information content (AvgIpc) is 2.31. The summed E-state index contributed by atoms with van der Waals surface area (Å²) in [4.78, 5) is 32.6. The van der Waals surface area contributed by atoms with Crippen LogP contribution < -0.4 is 0 Å². The molecule has 0 aliphatic heterocycles. The zero-order valence-electron chi connectivity index (χ0n) is 10.9.